The average molecular weight is 356 g/mol. The second-order valence-corrected chi connectivity index (χ2v) is 4.27. The first-order valence-corrected chi connectivity index (χ1v) is 6.43. The van der Waals surface area contributed by atoms with E-state index in [1.165, 1.54) is 40.4 Å². The SMILES string of the molecule is CCOC(=O)C(F)(F)[C@H](N)c1c(OC)cc(OC)cc1OC.Cl. The van der Waals surface area contributed by atoms with E-state index in [0.717, 1.165) is 0 Å². The van der Waals surface area contributed by atoms with E-state index in [9.17, 15) is 13.6 Å². The smallest absolute Gasteiger partial charge is 0.379 e. The van der Waals surface area contributed by atoms with Crippen LogP contribution in [0.2, 0.25) is 0 Å². The third kappa shape index (κ3) is 4.35. The van der Waals surface area contributed by atoms with E-state index in [2.05, 4.69) is 4.74 Å². The molecular formula is C14H20ClF2NO5. The topological polar surface area (TPSA) is 80.0 Å². The molecule has 1 aromatic carbocycles. The molecule has 0 bridgehead atoms. The van der Waals surface area contributed by atoms with Crippen LogP contribution >= 0.6 is 12.4 Å². The molecule has 0 spiro atoms. The molecular weight excluding hydrogens is 336 g/mol. The van der Waals surface area contributed by atoms with Crippen molar-refractivity contribution in [2.45, 2.75) is 18.9 Å². The maximum Gasteiger partial charge on any atom is 0.379 e. The number of hydrogen-bond acceptors (Lipinski definition) is 6. The van der Waals surface area contributed by atoms with Crippen molar-refractivity contribution in [2.75, 3.05) is 27.9 Å². The Labute approximate surface area is 139 Å². The Morgan fingerprint density at radius 1 is 1.17 bits per heavy atom. The molecule has 0 aliphatic carbocycles. The van der Waals surface area contributed by atoms with Crippen molar-refractivity contribution in [3.8, 4) is 17.2 Å². The summed E-state index contributed by atoms with van der Waals surface area (Å²) < 4.78 is 47.8. The van der Waals surface area contributed by atoms with Gasteiger partial charge in [0.25, 0.3) is 0 Å². The van der Waals surface area contributed by atoms with Gasteiger partial charge in [-0.05, 0) is 6.92 Å². The van der Waals surface area contributed by atoms with Crippen LogP contribution < -0.4 is 19.9 Å². The fourth-order valence-electron chi connectivity index (χ4n) is 1.87. The van der Waals surface area contributed by atoms with E-state index in [0.29, 0.717) is 5.75 Å². The number of benzene rings is 1. The Bertz CT molecular complexity index is 517. The van der Waals surface area contributed by atoms with Crippen molar-refractivity contribution in [2.24, 2.45) is 5.73 Å². The maximum absolute atomic E-state index is 14.2. The molecule has 132 valence electrons. The van der Waals surface area contributed by atoms with Crippen LogP contribution in [0.3, 0.4) is 0 Å². The summed E-state index contributed by atoms with van der Waals surface area (Å²) in [6, 6.07) is 0.750. The van der Waals surface area contributed by atoms with Gasteiger partial charge in [0.05, 0.1) is 33.5 Å². The molecule has 0 saturated heterocycles. The number of halogens is 3. The van der Waals surface area contributed by atoms with Crippen LogP contribution in [0.5, 0.6) is 17.2 Å². The molecule has 1 rings (SSSR count). The van der Waals surface area contributed by atoms with E-state index in [-0.39, 0.29) is 36.1 Å². The standard InChI is InChI=1S/C14H19F2NO5.ClH/c1-5-22-13(18)14(15,16)12(17)11-9(20-3)6-8(19-2)7-10(11)21-4;/h6-7,12H,5,17H2,1-4H3;1H/t12-;/m1./s1. The van der Waals surface area contributed by atoms with Gasteiger partial charge in [-0.15, -0.1) is 12.4 Å². The van der Waals surface area contributed by atoms with Gasteiger partial charge in [0.15, 0.2) is 0 Å². The minimum atomic E-state index is -3.94. The molecule has 1 aromatic rings. The Balaban J connectivity index is 0.00000484. The fourth-order valence-corrected chi connectivity index (χ4v) is 1.87. The quantitative estimate of drug-likeness (QED) is 0.756. The van der Waals surface area contributed by atoms with Crippen LogP contribution in [-0.4, -0.2) is 39.8 Å². The number of carbonyl (C=O) groups excluding carboxylic acids is 1. The number of rotatable bonds is 7. The molecule has 0 aliphatic heterocycles. The van der Waals surface area contributed by atoms with Gasteiger partial charge in [-0.1, -0.05) is 0 Å². The number of hydrogen-bond donors (Lipinski definition) is 1. The van der Waals surface area contributed by atoms with Gasteiger partial charge in [0.2, 0.25) is 0 Å². The average Bonchev–Trinajstić information content (AvgIpc) is 2.52. The first-order valence-electron chi connectivity index (χ1n) is 6.43. The van der Waals surface area contributed by atoms with Crippen LogP contribution in [0.1, 0.15) is 18.5 Å². The van der Waals surface area contributed by atoms with E-state index in [1.807, 2.05) is 0 Å². The Hall–Kier alpha value is -1.80. The highest BCUT2D eigenvalue weighted by atomic mass is 35.5. The van der Waals surface area contributed by atoms with Gasteiger partial charge in [0, 0.05) is 12.1 Å². The summed E-state index contributed by atoms with van der Waals surface area (Å²) in [4.78, 5) is 11.4. The molecule has 0 radical (unpaired) electrons. The Kier molecular flexibility index (Phi) is 8.05. The highest BCUT2D eigenvalue weighted by Crippen LogP contribution is 2.43. The summed E-state index contributed by atoms with van der Waals surface area (Å²) in [6.45, 7) is 1.24. The van der Waals surface area contributed by atoms with Crippen LogP contribution in [0.25, 0.3) is 0 Å². The maximum atomic E-state index is 14.2. The number of esters is 1. The third-order valence-electron chi connectivity index (χ3n) is 3.00. The zero-order valence-electron chi connectivity index (χ0n) is 13.2. The zero-order valence-corrected chi connectivity index (χ0v) is 14.0. The summed E-state index contributed by atoms with van der Waals surface area (Å²) in [5, 5.41) is 0. The third-order valence-corrected chi connectivity index (χ3v) is 3.00. The highest BCUT2D eigenvalue weighted by Gasteiger charge is 2.49. The Morgan fingerprint density at radius 3 is 2.00 bits per heavy atom. The predicted octanol–water partition coefficient (Wildman–Crippen LogP) is 2.33. The minimum absolute atomic E-state index is 0. The summed E-state index contributed by atoms with van der Waals surface area (Å²) in [5.41, 5.74) is 5.45. The van der Waals surface area contributed by atoms with Crippen molar-refractivity contribution in [1.29, 1.82) is 0 Å². The van der Waals surface area contributed by atoms with Gasteiger partial charge < -0.3 is 24.7 Å². The second-order valence-electron chi connectivity index (χ2n) is 4.27. The monoisotopic (exact) mass is 355 g/mol. The van der Waals surface area contributed by atoms with E-state index in [4.69, 9.17) is 19.9 Å². The van der Waals surface area contributed by atoms with Crippen molar-refractivity contribution in [3.05, 3.63) is 17.7 Å². The van der Waals surface area contributed by atoms with Crippen molar-refractivity contribution < 1.29 is 32.5 Å². The fraction of sp³-hybridized carbons (Fsp3) is 0.500. The molecule has 0 saturated carbocycles. The van der Waals surface area contributed by atoms with Gasteiger partial charge in [0.1, 0.15) is 23.3 Å². The summed E-state index contributed by atoms with van der Waals surface area (Å²) in [5.74, 6) is -5.27. The molecule has 9 heteroatoms. The van der Waals surface area contributed by atoms with Crippen LogP contribution in [0, 0.1) is 0 Å². The molecule has 0 amide bonds. The zero-order chi connectivity index (χ0) is 16.9. The number of alkyl halides is 2. The van der Waals surface area contributed by atoms with Gasteiger partial charge >= 0.3 is 11.9 Å². The van der Waals surface area contributed by atoms with E-state index < -0.39 is 17.9 Å². The lowest BCUT2D eigenvalue weighted by Crippen LogP contribution is -2.42. The van der Waals surface area contributed by atoms with Crippen molar-refractivity contribution >= 4 is 18.4 Å². The lowest BCUT2D eigenvalue weighted by atomic mass is 9.98. The molecule has 0 unspecified atom stereocenters. The van der Waals surface area contributed by atoms with Crippen LogP contribution in [-0.2, 0) is 9.53 Å². The number of carbonyl (C=O) groups is 1. The van der Waals surface area contributed by atoms with E-state index in [1.54, 1.807) is 0 Å². The van der Waals surface area contributed by atoms with Crippen molar-refractivity contribution in [1.82, 2.24) is 0 Å². The van der Waals surface area contributed by atoms with Crippen LogP contribution in [0.15, 0.2) is 12.1 Å². The van der Waals surface area contributed by atoms with Crippen LogP contribution in [0.4, 0.5) is 8.78 Å². The number of nitrogens with two attached hydrogens (primary N) is 1. The lowest BCUT2D eigenvalue weighted by molar-refractivity contribution is -0.174. The number of ether oxygens (including phenoxy) is 4. The van der Waals surface area contributed by atoms with Crippen molar-refractivity contribution in [3.63, 3.8) is 0 Å². The molecule has 6 nitrogen and oxygen atoms in total. The molecule has 0 fully saturated rings. The Morgan fingerprint density at radius 2 is 1.65 bits per heavy atom. The molecule has 2 N–H and O–H groups in total. The molecule has 0 heterocycles. The lowest BCUT2D eigenvalue weighted by Gasteiger charge is -2.25. The van der Waals surface area contributed by atoms with Gasteiger partial charge in [-0.3, -0.25) is 0 Å². The first kappa shape index (κ1) is 21.2. The molecule has 23 heavy (non-hydrogen) atoms. The normalized spacial score (nSPS) is 12.0. The molecule has 1 atom stereocenters. The second kappa shape index (κ2) is 8.73. The first-order chi connectivity index (χ1) is 10.3. The largest absolute Gasteiger partial charge is 0.496 e. The molecule has 0 aliphatic rings. The number of methoxy groups -OCH3 is 3. The predicted molar refractivity (Wildman–Crippen MR) is 81.9 cm³/mol. The highest BCUT2D eigenvalue weighted by molar-refractivity contribution is 5.85. The summed E-state index contributed by atoms with van der Waals surface area (Å²) in [7, 11) is 3.97. The summed E-state index contributed by atoms with van der Waals surface area (Å²) in [6.07, 6.45) is 0. The summed E-state index contributed by atoms with van der Waals surface area (Å²) >= 11 is 0. The van der Waals surface area contributed by atoms with Gasteiger partial charge in [-0.2, -0.15) is 8.78 Å². The van der Waals surface area contributed by atoms with E-state index >= 15 is 0 Å². The van der Waals surface area contributed by atoms with Gasteiger partial charge in [-0.25, -0.2) is 4.79 Å². The minimum Gasteiger partial charge on any atom is -0.496 e. The molecule has 0 aromatic heterocycles.